The second kappa shape index (κ2) is 7.31. The summed E-state index contributed by atoms with van der Waals surface area (Å²) in [5.41, 5.74) is 2.09. The third kappa shape index (κ3) is 4.63. The van der Waals surface area contributed by atoms with E-state index >= 15 is 0 Å². The molecule has 2 rings (SSSR count). The molecule has 5 heteroatoms. The van der Waals surface area contributed by atoms with E-state index in [-0.39, 0.29) is 12.1 Å². The van der Waals surface area contributed by atoms with Crippen LogP contribution in [0.5, 0.6) is 5.75 Å². The van der Waals surface area contributed by atoms with Gasteiger partial charge in [-0.1, -0.05) is 12.1 Å². The molecule has 0 aromatic heterocycles. The number of rotatable bonds is 5. The van der Waals surface area contributed by atoms with Gasteiger partial charge in [0.25, 0.3) is 0 Å². The van der Waals surface area contributed by atoms with Crippen LogP contribution in [0, 0.1) is 12.8 Å². The highest BCUT2D eigenvalue weighted by molar-refractivity contribution is 5.73. The Bertz CT molecular complexity index is 490. The molecular weight excluding hydrogens is 268 g/mol. The maximum atomic E-state index is 11.8. The number of benzene rings is 1. The summed E-state index contributed by atoms with van der Waals surface area (Å²) in [4.78, 5) is 11.8. The fourth-order valence-corrected chi connectivity index (χ4v) is 2.77. The molecule has 0 heterocycles. The molecule has 1 aliphatic rings. The van der Waals surface area contributed by atoms with Crippen molar-refractivity contribution in [3.05, 3.63) is 29.3 Å². The summed E-state index contributed by atoms with van der Waals surface area (Å²) in [6.07, 6.45) is 2.43. The second-order valence-electron chi connectivity index (χ2n) is 5.70. The van der Waals surface area contributed by atoms with Gasteiger partial charge >= 0.3 is 6.03 Å². The first-order chi connectivity index (χ1) is 10.1. The number of hydrogen-bond acceptors (Lipinski definition) is 3. The molecular formula is C16H24N2O3. The van der Waals surface area contributed by atoms with Gasteiger partial charge in [-0.15, -0.1) is 0 Å². The van der Waals surface area contributed by atoms with Crippen molar-refractivity contribution in [1.82, 2.24) is 10.6 Å². The summed E-state index contributed by atoms with van der Waals surface area (Å²) in [7, 11) is 1.65. The zero-order valence-electron chi connectivity index (χ0n) is 12.7. The van der Waals surface area contributed by atoms with E-state index in [1.807, 2.05) is 25.1 Å². The molecule has 2 atom stereocenters. The Morgan fingerprint density at radius 2 is 2.19 bits per heavy atom. The largest absolute Gasteiger partial charge is 0.496 e. The molecule has 116 valence electrons. The molecule has 1 saturated carbocycles. The van der Waals surface area contributed by atoms with Crippen LogP contribution in [0.4, 0.5) is 4.79 Å². The summed E-state index contributed by atoms with van der Waals surface area (Å²) >= 11 is 0. The number of aliphatic hydroxyl groups is 1. The summed E-state index contributed by atoms with van der Waals surface area (Å²) in [6, 6.07) is 5.70. The highest BCUT2D eigenvalue weighted by Crippen LogP contribution is 2.24. The van der Waals surface area contributed by atoms with Gasteiger partial charge in [0.1, 0.15) is 5.75 Å². The first-order valence-electron chi connectivity index (χ1n) is 7.41. The van der Waals surface area contributed by atoms with E-state index in [0.717, 1.165) is 36.1 Å². The second-order valence-corrected chi connectivity index (χ2v) is 5.70. The van der Waals surface area contributed by atoms with E-state index < -0.39 is 0 Å². The Hall–Kier alpha value is -1.75. The van der Waals surface area contributed by atoms with Crippen LogP contribution >= 0.6 is 0 Å². The highest BCUT2D eigenvalue weighted by atomic mass is 16.5. The molecule has 0 unspecified atom stereocenters. The quantitative estimate of drug-likeness (QED) is 0.777. The first-order valence-corrected chi connectivity index (χ1v) is 7.41. The molecule has 3 N–H and O–H groups in total. The number of carbonyl (C=O) groups is 1. The summed E-state index contributed by atoms with van der Waals surface area (Å²) in [5, 5.41) is 15.2. The van der Waals surface area contributed by atoms with Crippen molar-refractivity contribution < 1.29 is 14.6 Å². The lowest BCUT2D eigenvalue weighted by atomic mass is 10.1. The number of amides is 2. The summed E-state index contributed by atoms with van der Waals surface area (Å²) in [5.74, 6) is 1.25. The number of ether oxygens (including phenoxy) is 1. The van der Waals surface area contributed by atoms with Crippen molar-refractivity contribution >= 4 is 6.03 Å². The minimum Gasteiger partial charge on any atom is -0.496 e. The average Bonchev–Trinajstić information content (AvgIpc) is 2.89. The third-order valence-corrected chi connectivity index (χ3v) is 3.98. The Morgan fingerprint density at radius 3 is 2.81 bits per heavy atom. The molecule has 0 aliphatic heterocycles. The Kier molecular flexibility index (Phi) is 5.44. The number of methoxy groups -OCH3 is 1. The van der Waals surface area contributed by atoms with Gasteiger partial charge in [-0.2, -0.15) is 0 Å². The van der Waals surface area contributed by atoms with Gasteiger partial charge in [0.15, 0.2) is 0 Å². The van der Waals surface area contributed by atoms with Crippen molar-refractivity contribution in [3.8, 4) is 5.75 Å². The Morgan fingerprint density at radius 1 is 1.38 bits per heavy atom. The zero-order valence-corrected chi connectivity index (χ0v) is 12.7. The fourth-order valence-electron chi connectivity index (χ4n) is 2.77. The van der Waals surface area contributed by atoms with Crippen molar-refractivity contribution in [1.29, 1.82) is 0 Å². The van der Waals surface area contributed by atoms with Crippen LogP contribution in [0.3, 0.4) is 0 Å². The minimum absolute atomic E-state index is 0.162. The van der Waals surface area contributed by atoms with E-state index in [1.165, 1.54) is 0 Å². The van der Waals surface area contributed by atoms with Crippen LogP contribution < -0.4 is 15.4 Å². The van der Waals surface area contributed by atoms with Gasteiger partial charge in [-0.05, 0) is 49.3 Å². The third-order valence-electron chi connectivity index (χ3n) is 3.98. The van der Waals surface area contributed by atoms with Gasteiger partial charge in [0.2, 0.25) is 0 Å². The van der Waals surface area contributed by atoms with Gasteiger partial charge in [0.05, 0.1) is 13.2 Å². The SMILES string of the molecule is COc1ccc(CNC(=O)NC[C@H]2CC[C@H](O)C2)cc1C. The number of aryl methyl sites for hydroxylation is 1. The van der Waals surface area contributed by atoms with Crippen molar-refractivity contribution in [2.45, 2.75) is 38.8 Å². The standard InChI is InChI=1S/C16H24N2O3/c1-11-7-12(4-6-15(11)21-2)9-17-16(20)18-10-13-3-5-14(19)8-13/h4,6-7,13-14,19H,3,5,8-10H2,1-2H3,(H2,17,18,20)/t13-,14-/m0/s1. The lowest BCUT2D eigenvalue weighted by Crippen LogP contribution is -2.37. The van der Waals surface area contributed by atoms with Crippen LogP contribution in [0.25, 0.3) is 0 Å². The lowest BCUT2D eigenvalue weighted by Gasteiger charge is -2.12. The maximum Gasteiger partial charge on any atom is 0.315 e. The lowest BCUT2D eigenvalue weighted by molar-refractivity contribution is 0.177. The molecule has 0 saturated heterocycles. The van der Waals surface area contributed by atoms with E-state index in [1.54, 1.807) is 7.11 Å². The van der Waals surface area contributed by atoms with E-state index in [2.05, 4.69) is 10.6 Å². The molecule has 21 heavy (non-hydrogen) atoms. The van der Waals surface area contributed by atoms with Gasteiger partial charge in [-0.25, -0.2) is 4.79 Å². The zero-order chi connectivity index (χ0) is 15.2. The number of carbonyl (C=O) groups excluding carboxylic acids is 1. The van der Waals surface area contributed by atoms with E-state index in [0.29, 0.717) is 19.0 Å². The summed E-state index contributed by atoms with van der Waals surface area (Å²) < 4.78 is 5.21. The first kappa shape index (κ1) is 15.6. The highest BCUT2D eigenvalue weighted by Gasteiger charge is 2.22. The van der Waals surface area contributed by atoms with E-state index in [9.17, 15) is 9.90 Å². The smallest absolute Gasteiger partial charge is 0.315 e. The Balaban J connectivity index is 1.72. The Labute approximate surface area is 125 Å². The van der Waals surface area contributed by atoms with Gasteiger partial charge in [-0.3, -0.25) is 0 Å². The van der Waals surface area contributed by atoms with Crippen LogP contribution in [0.2, 0.25) is 0 Å². The van der Waals surface area contributed by atoms with Crippen LogP contribution in [-0.4, -0.2) is 30.9 Å². The minimum atomic E-state index is -0.192. The van der Waals surface area contributed by atoms with E-state index in [4.69, 9.17) is 4.74 Å². The summed E-state index contributed by atoms with van der Waals surface area (Å²) in [6.45, 7) is 3.10. The number of aliphatic hydroxyl groups excluding tert-OH is 1. The molecule has 5 nitrogen and oxygen atoms in total. The molecule has 1 aromatic carbocycles. The number of hydrogen-bond donors (Lipinski definition) is 3. The van der Waals surface area contributed by atoms with Crippen LogP contribution in [0.15, 0.2) is 18.2 Å². The van der Waals surface area contributed by atoms with Gasteiger partial charge in [0, 0.05) is 13.1 Å². The fraction of sp³-hybridized carbons (Fsp3) is 0.562. The molecule has 1 fully saturated rings. The number of urea groups is 1. The molecule has 2 amide bonds. The number of nitrogens with one attached hydrogen (secondary N) is 2. The van der Waals surface area contributed by atoms with Crippen molar-refractivity contribution in [2.75, 3.05) is 13.7 Å². The maximum absolute atomic E-state index is 11.8. The molecule has 0 spiro atoms. The predicted octanol–water partition coefficient (Wildman–Crippen LogP) is 1.96. The molecule has 0 radical (unpaired) electrons. The van der Waals surface area contributed by atoms with Gasteiger partial charge < -0.3 is 20.5 Å². The molecule has 1 aromatic rings. The average molecular weight is 292 g/mol. The normalized spacial score (nSPS) is 21.1. The molecule has 0 bridgehead atoms. The monoisotopic (exact) mass is 292 g/mol. The van der Waals surface area contributed by atoms with Crippen molar-refractivity contribution in [3.63, 3.8) is 0 Å². The molecule has 1 aliphatic carbocycles. The van der Waals surface area contributed by atoms with Crippen molar-refractivity contribution in [2.24, 2.45) is 5.92 Å². The van der Waals surface area contributed by atoms with Crippen LogP contribution in [-0.2, 0) is 6.54 Å². The topological polar surface area (TPSA) is 70.6 Å². The van der Waals surface area contributed by atoms with Crippen LogP contribution in [0.1, 0.15) is 30.4 Å². The predicted molar refractivity (Wildman–Crippen MR) is 81.3 cm³/mol.